The number of carbonyl (C=O) groups excluding carboxylic acids is 2. The number of amides is 2. The van der Waals surface area contributed by atoms with Gasteiger partial charge < -0.3 is 10.2 Å². The van der Waals surface area contributed by atoms with Gasteiger partial charge in [-0.05, 0) is 66.9 Å². The molecule has 4 rings (SSSR count). The van der Waals surface area contributed by atoms with Gasteiger partial charge in [-0.25, -0.2) is 8.42 Å². The molecule has 0 saturated heterocycles. The van der Waals surface area contributed by atoms with Crippen molar-refractivity contribution in [2.75, 3.05) is 17.9 Å². The second-order valence-corrected chi connectivity index (χ2v) is 13.4. The quantitative estimate of drug-likeness (QED) is 0.189. The normalized spacial score (nSPS) is 12.0. The summed E-state index contributed by atoms with van der Waals surface area (Å²) < 4.78 is 29.4. The van der Waals surface area contributed by atoms with E-state index in [1.165, 1.54) is 24.1 Å². The first-order valence-corrected chi connectivity index (χ1v) is 16.3. The molecular weight excluding hydrogens is 641 g/mol. The van der Waals surface area contributed by atoms with Crippen LogP contribution in [0.15, 0.2) is 95.9 Å². The van der Waals surface area contributed by atoms with E-state index in [1.807, 2.05) is 37.3 Å². The minimum atomic E-state index is -4.25. The predicted molar refractivity (Wildman–Crippen MR) is 177 cm³/mol. The molecule has 7 nitrogen and oxygen atoms in total. The molecule has 0 aliphatic rings. The summed E-state index contributed by atoms with van der Waals surface area (Å²) in [6, 6.07) is 24.4. The first-order chi connectivity index (χ1) is 20.9. The Bertz CT molecular complexity index is 1750. The van der Waals surface area contributed by atoms with Gasteiger partial charge in [0.2, 0.25) is 11.8 Å². The Kier molecular flexibility index (Phi) is 11.0. The van der Waals surface area contributed by atoms with Crippen LogP contribution in [0.1, 0.15) is 22.3 Å². The molecule has 0 radical (unpaired) electrons. The maximum absolute atomic E-state index is 14.4. The maximum atomic E-state index is 14.4. The van der Waals surface area contributed by atoms with Crippen LogP contribution in [0.3, 0.4) is 0 Å². The number of benzene rings is 4. The lowest BCUT2D eigenvalue weighted by atomic mass is 10.0. The van der Waals surface area contributed by atoms with Crippen molar-refractivity contribution in [1.29, 1.82) is 0 Å². The third-order valence-electron chi connectivity index (χ3n) is 7.27. The number of aryl methyl sites for hydroxylation is 1. The molecule has 11 heteroatoms. The predicted octanol–water partition coefficient (Wildman–Crippen LogP) is 6.85. The molecule has 0 bridgehead atoms. The molecule has 0 fully saturated rings. The van der Waals surface area contributed by atoms with Crippen LogP contribution in [-0.4, -0.2) is 44.8 Å². The maximum Gasteiger partial charge on any atom is 0.264 e. The number of likely N-dealkylation sites (N-methyl/N-ethyl adjacent to an activating group) is 1. The summed E-state index contributed by atoms with van der Waals surface area (Å²) in [4.78, 5) is 29.2. The highest BCUT2D eigenvalue weighted by molar-refractivity contribution is 7.92. The number of sulfonamides is 1. The third-order valence-corrected chi connectivity index (χ3v) is 10.0. The summed E-state index contributed by atoms with van der Waals surface area (Å²) in [7, 11) is -2.76. The van der Waals surface area contributed by atoms with Crippen molar-refractivity contribution >= 4 is 62.3 Å². The number of rotatable bonds is 11. The summed E-state index contributed by atoms with van der Waals surface area (Å²) in [6.07, 6.45) is 0.179. The Balaban J connectivity index is 1.84. The third kappa shape index (κ3) is 7.74. The van der Waals surface area contributed by atoms with E-state index in [1.54, 1.807) is 55.5 Å². The molecular formula is C33H32Cl3N3O4S. The van der Waals surface area contributed by atoms with Crippen LogP contribution in [0.5, 0.6) is 0 Å². The minimum Gasteiger partial charge on any atom is -0.357 e. The van der Waals surface area contributed by atoms with E-state index >= 15 is 0 Å². The van der Waals surface area contributed by atoms with Gasteiger partial charge in [0.05, 0.1) is 10.6 Å². The molecule has 1 N–H and O–H groups in total. The molecule has 0 aliphatic heterocycles. The van der Waals surface area contributed by atoms with Gasteiger partial charge in [-0.3, -0.25) is 13.9 Å². The molecule has 0 saturated carbocycles. The van der Waals surface area contributed by atoms with Crippen molar-refractivity contribution in [3.8, 4) is 0 Å². The Labute approximate surface area is 273 Å². The first-order valence-electron chi connectivity index (χ1n) is 13.8. The van der Waals surface area contributed by atoms with Gasteiger partial charge in [-0.1, -0.05) is 95.0 Å². The van der Waals surface area contributed by atoms with Crippen molar-refractivity contribution < 1.29 is 18.0 Å². The van der Waals surface area contributed by atoms with Crippen molar-refractivity contribution in [1.82, 2.24) is 10.2 Å². The second-order valence-electron chi connectivity index (χ2n) is 10.3. The molecule has 0 spiro atoms. The number of anilines is 1. The van der Waals surface area contributed by atoms with Crippen molar-refractivity contribution in [3.63, 3.8) is 0 Å². The van der Waals surface area contributed by atoms with Gasteiger partial charge >= 0.3 is 0 Å². The van der Waals surface area contributed by atoms with Crippen molar-refractivity contribution in [2.24, 2.45) is 0 Å². The molecule has 1 atom stereocenters. The van der Waals surface area contributed by atoms with Crippen LogP contribution in [0.25, 0.3) is 0 Å². The van der Waals surface area contributed by atoms with E-state index in [9.17, 15) is 18.0 Å². The number of carbonyl (C=O) groups is 2. The summed E-state index contributed by atoms with van der Waals surface area (Å²) in [5.41, 5.74) is 2.97. The van der Waals surface area contributed by atoms with E-state index in [-0.39, 0.29) is 23.5 Å². The van der Waals surface area contributed by atoms with Gasteiger partial charge in [-0.15, -0.1) is 0 Å². The number of nitrogens with zero attached hydrogens (tertiary/aromatic N) is 2. The minimum absolute atomic E-state index is 0.00899. The summed E-state index contributed by atoms with van der Waals surface area (Å²) >= 11 is 19.1. The van der Waals surface area contributed by atoms with Crippen LogP contribution in [0, 0.1) is 13.8 Å². The Morgan fingerprint density at radius 2 is 1.52 bits per heavy atom. The summed E-state index contributed by atoms with van der Waals surface area (Å²) in [5.74, 6) is -1.03. The highest BCUT2D eigenvalue weighted by Crippen LogP contribution is 2.32. The standard InChI is InChI=1S/C33H32Cl3N3O4S/c1-22-12-16-27(17-13-22)44(42,43)39(30-11-7-10-28(35)23(30)2)21-32(40)38(20-25-14-15-26(34)19-29(25)36)31(33(41)37-3)18-24-8-5-4-6-9-24/h4-17,19,31H,18,20-21H2,1-3H3,(H,37,41)/t31-/m1/s1. The topological polar surface area (TPSA) is 86.8 Å². The van der Waals surface area contributed by atoms with Gasteiger partial charge in [-0.2, -0.15) is 0 Å². The molecule has 4 aromatic carbocycles. The summed E-state index contributed by atoms with van der Waals surface area (Å²) in [5, 5.41) is 3.72. The van der Waals surface area contributed by atoms with E-state index < -0.39 is 34.4 Å². The number of halogens is 3. The molecule has 0 heterocycles. The zero-order chi connectivity index (χ0) is 32.0. The fourth-order valence-electron chi connectivity index (χ4n) is 4.77. The molecule has 44 heavy (non-hydrogen) atoms. The van der Waals surface area contributed by atoms with Crippen molar-refractivity contribution in [2.45, 2.75) is 37.8 Å². The van der Waals surface area contributed by atoms with Crippen LogP contribution in [0.2, 0.25) is 15.1 Å². The molecule has 2 amide bonds. The van der Waals surface area contributed by atoms with Gasteiger partial charge in [0.25, 0.3) is 10.0 Å². The first kappa shape index (κ1) is 33.3. The molecule has 0 aromatic heterocycles. The number of hydrogen-bond acceptors (Lipinski definition) is 4. The molecule has 0 unspecified atom stereocenters. The smallest absolute Gasteiger partial charge is 0.264 e. The fraction of sp³-hybridized carbons (Fsp3) is 0.212. The number of nitrogens with one attached hydrogen (secondary N) is 1. The second kappa shape index (κ2) is 14.5. The largest absolute Gasteiger partial charge is 0.357 e. The van der Waals surface area contributed by atoms with Crippen LogP contribution in [0.4, 0.5) is 5.69 Å². The Morgan fingerprint density at radius 1 is 0.841 bits per heavy atom. The van der Waals surface area contributed by atoms with E-state index in [4.69, 9.17) is 34.8 Å². The average Bonchev–Trinajstić information content (AvgIpc) is 3.00. The zero-order valence-electron chi connectivity index (χ0n) is 24.4. The van der Waals surface area contributed by atoms with E-state index in [2.05, 4.69) is 5.32 Å². The average molecular weight is 673 g/mol. The van der Waals surface area contributed by atoms with Gasteiger partial charge in [0, 0.05) is 35.1 Å². The highest BCUT2D eigenvalue weighted by Gasteiger charge is 2.35. The fourth-order valence-corrected chi connectivity index (χ4v) is 6.88. The molecule has 0 aliphatic carbocycles. The highest BCUT2D eigenvalue weighted by atomic mass is 35.5. The number of hydrogen-bond donors (Lipinski definition) is 1. The van der Waals surface area contributed by atoms with Gasteiger partial charge in [0.15, 0.2) is 0 Å². The Morgan fingerprint density at radius 3 is 2.16 bits per heavy atom. The summed E-state index contributed by atoms with van der Waals surface area (Å²) in [6.45, 7) is 2.86. The Hall–Kier alpha value is -3.56. The van der Waals surface area contributed by atoms with E-state index in [0.29, 0.717) is 26.2 Å². The lowest BCUT2D eigenvalue weighted by molar-refractivity contribution is -0.139. The van der Waals surface area contributed by atoms with E-state index in [0.717, 1.165) is 15.4 Å². The monoisotopic (exact) mass is 671 g/mol. The van der Waals surface area contributed by atoms with Crippen molar-refractivity contribution in [3.05, 3.63) is 128 Å². The van der Waals surface area contributed by atoms with Gasteiger partial charge in [0.1, 0.15) is 12.6 Å². The SMILES string of the molecule is CNC(=O)[C@@H](Cc1ccccc1)N(Cc1ccc(Cl)cc1Cl)C(=O)CN(c1cccc(Cl)c1C)S(=O)(=O)c1ccc(C)cc1. The lowest BCUT2D eigenvalue weighted by Gasteiger charge is -2.34. The van der Waals surface area contributed by atoms with Crippen LogP contribution >= 0.6 is 34.8 Å². The van der Waals surface area contributed by atoms with Crippen LogP contribution in [-0.2, 0) is 32.6 Å². The molecule has 230 valence electrons. The zero-order valence-corrected chi connectivity index (χ0v) is 27.5. The van der Waals surface area contributed by atoms with Crippen LogP contribution < -0.4 is 9.62 Å². The molecule has 4 aromatic rings. The lowest BCUT2D eigenvalue weighted by Crippen LogP contribution is -2.53.